The summed E-state index contributed by atoms with van der Waals surface area (Å²) in [5, 5.41) is 9.75. The molecular weight excluding hydrogens is 583 g/mol. The molecule has 3 heterocycles. The fraction of sp³-hybridized carbons (Fsp3) is 0.219. The van der Waals surface area contributed by atoms with Gasteiger partial charge < -0.3 is 19.1 Å². The Balaban J connectivity index is 1.27. The van der Waals surface area contributed by atoms with Crippen molar-refractivity contribution in [1.29, 1.82) is 0 Å². The van der Waals surface area contributed by atoms with Crippen LogP contribution < -0.4 is 4.74 Å². The van der Waals surface area contributed by atoms with Crippen molar-refractivity contribution in [1.82, 2.24) is 14.5 Å². The summed E-state index contributed by atoms with van der Waals surface area (Å²) in [6.45, 7) is 0.894. The highest BCUT2D eigenvalue weighted by atomic mass is 35.5. The number of fused-ring (bicyclic) bond motifs is 1. The number of imidazole rings is 1. The lowest BCUT2D eigenvalue weighted by Gasteiger charge is -2.15. The molecule has 6 rings (SSSR count). The average Bonchev–Trinajstić information content (AvgIpc) is 3.62. The molecular formula is C32H25ClF3N3O4. The summed E-state index contributed by atoms with van der Waals surface area (Å²) in [5.74, 6) is -2.63. The van der Waals surface area contributed by atoms with Crippen LogP contribution in [0.4, 0.5) is 13.2 Å². The predicted molar refractivity (Wildman–Crippen MR) is 154 cm³/mol. The number of carboxylic acids is 1. The first kappa shape index (κ1) is 28.7. The van der Waals surface area contributed by atoms with Crippen LogP contribution in [0.5, 0.6) is 5.88 Å². The van der Waals surface area contributed by atoms with Gasteiger partial charge in [0.05, 0.1) is 34.9 Å². The van der Waals surface area contributed by atoms with Gasteiger partial charge >= 0.3 is 5.97 Å². The number of benzene rings is 3. The third-order valence-corrected chi connectivity index (χ3v) is 7.61. The van der Waals surface area contributed by atoms with E-state index in [2.05, 4.69) is 9.97 Å². The molecule has 220 valence electrons. The SMILES string of the molecule is O=C(O)c1ccc2nc(Cc3c(F)cc(-c4cccc(OCc5ccc(Cl)cc5F)n4)cc3F)n(CC3CCCO3)c2c1. The van der Waals surface area contributed by atoms with E-state index in [-0.39, 0.29) is 58.0 Å². The average molecular weight is 608 g/mol. The van der Waals surface area contributed by atoms with Gasteiger partial charge in [0, 0.05) is 40.8 Å². The van der Waals surface area contributed by atoms with E-state index >= 15 is 8.78 Å². The van der Waals surface area contributed by atoms with Gasteiger partial charge in [-0.2, -0.15) is 0 Å². The minimum atomic E-state index is -1.08. The molecule has 0 bridgehead atoms. The second-order valence-corrected chi connectivity index (χ2v) is 10.7. The Labute approximate surface area is 249 Å². The van der Waals surface area contributed by atoms with Gasteiger partial charge in [-0.15, -0.1) is 0 Å². The zero-order valence-electron chi connectivity index (χ0n) is 22.7. The van der Waals surface area contributed by atoms with Crippen LogP contribution in [0.1, 0.15) is 40.2 Å². The molecule has 1 fully saturated rings. The first-order chi connectivity index (χ1) is 20.7. The second-order valence-electron chi connectivity index (χ2n) is 10.3. The second kappa shape index (κ2) is 12.1. The lowest BCUT2D eigenvalue weighted by Crippen LogP contribution is -2.17. The van der Waals surface area contributed by atoms with Crippen molar-refractivity contribution in [3.63, 3.8) is 0 Å². The lowest BCUT2D eigenvalue weighted by molar-refractivity contribution is 0.0697. The van der Waals surface area contributed by atoms with E-state index in [1.807, 2.05) is 0 Å². The van der Waals surface area contributed by atoms with Crippen molar-refractivity contribution < 1.29 is 32.5 Å². The number of rotatable bonds is 9. The van der Waals surface area contributed by atoms with Gasteiger partial charge in [-0.1, -0.05) is 23.7 Å². The molecule has 0 amide bonds. The maximum absolute atomic E-state index is 15.5. The Kier molecular flexibility index (Phi) is 8.05. The number of nitrogens with zero attached hydrogens (tertiary/aromatic N) is 3. The first-order valence-electron chi connectivity index (χ1n) is 13.6. The van der Waals surface area contributed by atoms with E-state index < -0.39 is 23.4 Å². The molecule has 0 radical (unpaired) electrons. The molecule has 1 aliphatic rings. The summed E-state index contributed by atoms with van der Waals surface area (Å²) >= 11 is 5.80. The third-order valence-electron chi connectivity index (χ3n) is 7.37. The Morgan fingerprint density at radius 2 is 1.84 bits per heavy atom. The largest absolute Gasteiger partial charge is 0.478 e. The number of carboxylic acid groups (broad SMARTS) is 1. The van der Waals surface area contributed by atoms with E-state index in [1.165, 1.54) is 36.4 Å². The smallest absolute Gasteiger partial charge is 0.335 e. The standard InChI is InChI=1S/C32H25ClF3N3O4/c33-21-8-6-19(24(34)14-21)17-43-31-5-1-4-27(38-31)20-11-25(35)23(26(36)12-20)15-30-37-28-9-7-18(32(40)41)13-29(28)39(30)16-22-3-2-10-42-22/h1,4-9,11-14,22H,2-3,10,15-17H2,(H,40,41). The predicted octanol–water partition coefficient (Wildman–Crippen LogP) is 7.22. The summed E-state index contributed by atoms with van der Waals surface area (Å²) in [6.07, 6.45) is 1.44. The molecule has 7 nitrogen and oxygen atoms in total. The summed E-state index contributed by atoms with van der Waals surface area (Å²) in [7, 11) is 0. The Morgan fingerprint density at radius 3 is 2.56 bits per heavy atom. The van der Waals surface area contributed by atoms with Crippen molar-refractivity contribution >= 4 is 28.6 Å². The van der Waals surface area contributed by atoms with Crippen molar-refractivity contribution in [3.05, 3.63) is 112 Å². The maximum Gasteiger partial charge on any atom is 0.335 e. The zero-order valence-corrected chi connectivity index (χ0v) is 23.5. The van der Waals surface area contributed by atoms with Crippen molar-refractivity contribution in [2.24, 2.45) is 0 Å². The quantitative estimate of drug-likeness (QED) is 0.190. The van der Waals surface area contributed by atoms with Crippen LogP contribution >= 0.6 is 11.6 Å². The van der Waals surface area contributed by atoms with Gasteiger partial charge in [0.25, 0.3) is 0 Å². The van der Waals surface area contributed by atoms with E-state index in [4.69, 9.17) is 21.1 Å². The van der Waals surface area contributed by atoms with Crippen molar-refractivity contribution in [2.45, 2.75) is 38.5 Å². The molecule has 1 saturated heterocycles. The topological polar surface area (TPSA) is 86.5 Å². The minimum Gasteiger partial charge on any atom is -0.478 e. The highest BCUT2D eigenvalue weighted by molar-refractivity contribution is 6.30. The molecule has 3 aromatic carbocycles. The Bertz CT molecular complexity index is 1820. The van der Waals surface area contributed by atoms with E-state index in [1.54, 1.807) is 34.9 Å². The lowest BCUT2D eigenvalue weighted by atomic mass is 10.0. The third kappa shape index (κ3) is 6.21. The molecule has 1 N–H and O–H groups in total. The maximum atomic E-state index is 15.5. The van der Waals surface area contributed by atoms with Gasteiger partial charge in [-0.25, -0.2) is 27.9 Å². The number of hydrogen-bond donors (Lipinski definition) is 1. The number of aromatic carboxylic acids is 1. The number of aromatic nitrogens is 3. The fourth-order valence-corrected chi connectivity index (χ4v) is 5.32. The molecule has 43 heavy (non-hydrogen) atoms. The molecule has 1 unspecified atom stereocenters. The van der Waals surface area contributed by atoms with Crippen LogP contribution in [0.3, 0.4) is 0 Å². The fourth-order valence-electron chi connectivity index (χ4n) is 5.16. The minimum absolute atomic E-state index is 0.0891. The van der Waals surface area contributed by atoms with Gasteiger partial charge in [-0.05, 0) is 61.4 Å². The van der Waals surface area contributed by atoms with Gasteiger partial charge in [0.1, 0.15) is 29.9 Å². The van der Waals surface area contributed by atoms with Crippen LogP contribution in [0, 0.1) is 17.5 Å². The van der Waals surface area contributed by atoms with Crippen LogP contribution in [-0.2, 0) is 24.3 Å². The van der Waals surface area contributed by atoms with Gasteiger partial charge in [0.15, 0.2) is 0 Å². The van der Waals surface area contributed by atoms with Crippen LogP contribution in [0.25, 0.3) is 22.3 Å². The molecule has 2 aromatic heterocycles. The van der Waals surface area contributed by atoms with Crippen molar-refractivity contribution in [3.8, 4) is 17.1 Å². The van der Waals surface area contributed by atoms with Crippen molar-refractivity contribution in [2.75, 3.05) is 6.61 Å². The van der Waals surface area contributed by atoms with Crippen LogP contribution in [0.15, 0.2) is 66.7 Å². The normalized spacial score (nSPS) is 14.8. The highest BCUT2D eigenvalue weighted by Crippen LogP contribution is 2.29. The summed E-state index contributed by atoms with van der Waals surface area (Å²) in [4.78, 5) is 20.5. The molecule has 0 aliphatic carbocycles. The zero-order chi connectivity index (χ0) is 30.1. The molecule has 11 heteroatoms. The van der Waals surface area contributed by atoms with E-state index in [0.717, 1.165) is 12.8 Å². The Morgan fingerprint density at radius 1 is 1.02 bits per heavy atom. The number of halogens is 4. The van der Waals surface area contributed by atoms with Gasteiger partial charge in [-0.3, -0.25) is 0 Å². The molecule has 5 aromatic rings. The summed E-state index contributed by atoms with van der Waals surface area (Å²) in [5.41, 5.74) is 1.73. The summed E-state index contributed by atoms with van der Waals surface area (Å²) < 4.78 is 58.3. The van der Waals surface area contributed by atoms with Crippen LogP contribution in [-0.4, -0.2) is 38.3 Å². The first-order valence-corrected chi connectivity index (χ1v) is 14.0. The monoisotopic (exact) mass is 607 g/mol. The molecule has 0 spiro atoms. The van der Waals surface area contributed by atoms with E-state index in [9.17, 15) is 14.3 Å². The number of ether oxygens (including phenoxy) is 2. The van der Waals surface area contributed by atoms with E-state index in [0.29, 0.717) is 30.0 Å². The van der Waals surface area contributed by atoms with Crippen LogP contribution in [0.2, 0.25) is 5.02 Å². The highest BCUT2D eigenvalue weighted by Gasteiger charge is 2.23. The number of hydrogen-bond acceptors (Lipinski definition) is 5. The molecule has 1 aliphatic heterocycles. The van der Waals surface area contributed by atoms with Gasteiger partial charge in [0.2, 0.25) is 5.88 Å². The Hall–Kier alpha value is -4.41. The number of pyridine rings is 1. The molecule has 1 atom stereocenters. The molecule has 0 saturated carbocycles. The summed E-state index contributed by atoms with van der Waals surface area (Å²) in [6, 6.07) is 15.9. The number of carbonyl (C=O) groups is 1.